The summed E-state index contributed by atoms with van der Waals surface area (Å²) in [6.45, 7) is 9.46. The smallest absolute Gasteiger partial charge is 0.0457 e. The predicted molar refractivity (Wildman–Crippen MR) is 77.8 cm³/mol. The molecule has 0 saturated heterocycles. The molecule has 2 rings (SSSR count). The van der Waals surface area contributed by atoms with E-state index in [4.69, 9.17) is 0 Å². The highest BCUT2D eigenvalue weighted by Gasteiger charge is 2.06. The average molecular weight is 245 g/mol. The Hall–Kier alpha value is -1.32. The van der Waals surface area contributed by atoms with Gasteiger partial charge >= 0.3 is 0 Å². The second-order valence-corrected chi connectivity index (χ2v) is 5.75. The fourth-order valence-electron chi connectivity index (χ4n) is 1.96. The topological polar surface area (TPSA) is 39.8 Å². The highest BCUT2D eigenvalue weighted by molar-refractivity contribution is 5.79. The van der Waals surface area contributed by atoms with Gasteiger partial charge in [-0.2, -0.15) is 0 Å². The summed E-state index contributed by atoms with van der Waals surface area (Å²) in [4.78, 5) is 3.24. The summed E-state index contributed by atoms with van der Waals surface area (Å²) in [5.41, 5.74) is 2.73. The van der Waals surface area contributed by atoms with Crippen molar-refractivity contribution in [3.05, 3.63) is 36.0 Å². The van der Waals surface area contributed by atoms with Crippen molar-refractivity contribution in [3.8, 4) is 0 Å². The molecule has 0 unspecified atom stereocenters. The Labute approximate surface area is 109 Å². The van der Waals surface area contributed by atoms with Crippen molar-refractivity contribution in [2.75, 3.05) is 13.1 Å². The quantitative estimate of drug-likeness (QED) is 0.709. The van der Waals surface area contributed by atoms with E-state index in [1.165, 1.54) is 16.5 Å². The average Bonchev–Trinajstić information content (AvgIpc) is 2.74. The fourth-order valence-corrected chi connectivity index (χ4v) is 1.96. The summed E-state index contributed by atoms with van der Waals surface area (Å²) in [6.07, 6.45) is 1.98. The third-order valence-electron chi connectivity index (χ3n) is 2.91. The van der Waals surface area contributed by atoms with Crippen molar-refractivity contribution in [1.82, 2.24) is 15.6 Å². The van der Waals surface area contributed by atoms with Crippen LogP contribution >= 0.6 is 0 Å². The van der Waals surface area contributed by atoms with E-state index in [9.17, 15) is 0 Å². The van der Waals surface area contributed by atoms with Gasteiger partial charge in [0.05, 0.1) is 0 Å². The van der Waals surface area contributed by atoms with Crippen LogP contribution in [0.4, 0.5) is 0 Å². The fraction of sp³-hybridized carbons (Fsp3) is 0.467. The molecule has 0 radical (unpaired) electrons. The van der Waals surface area contributed by atoms with Gasteiger partial charge in [0.1, 0.15) is 0 Å². The zero-order chi connectivity index (χ0) is 13.0. The SMILES string of the molecule is CC(C)(C)NCCNCc1ccc2cc[nH]c2c1. The van der Waals surface area contributed by atoms with E-state index in [-0.39, 0.29) is 5.54 Å². The van der Waals surface area contributed by atoms with Crippen molar-refractivity contribution in [1.29, 1.82) is 0 Å². The molecule has 2 aromatic rings. The summed E-state index contributed by atoms with van der Waals surface area (Å²) in [5, 5.41) is 8.19. The Balaban J connectivity index is 1.76. The normalized spacial score (nSPS) is 12.2. The summed E-state index contributed by atoms with van der Waals surface area (Å²) >= 11 is 0. The maximum absolute atomic E-state index is 3.46. The third kappa shape index (κ3) is 3.86. The highest BCUT2D eigenvalue weighted by atomic mass is 15.0. The van der Waals surface area contributed by atoms with Crippen molar-refractivity contribution >= 4 is 10.9 Å². The number of fused-ring (bicyclic) bond motifs is 1. The molecule has 1 aromatic carbocycles. The number of benzene rings is 1. The second-order valence-electron chi connectivity index (χ2n) is 5.75. The van der Waals surface area contributed by atoms with Gasteiger partial charge in [-0.25, -0.2) is 0 Å². The molecule has 3 nitrogen and oxygen atoms in total. The number of rotatable bonds is 5. The largest absolute Gasteiger partial charge is 0.361 e. The molecule has 0 aliphatic heterocycles. The van der Waals surface area contributed by atoms with Crippen LogP contribution in [0.2, 0.25) is 0 Å². The van der Waals surface area contributed by atoms with Crippen LogP contribution in [0.5, 0.6) is 0 Å². The molecule has 1 heterocycles. The van der Waals surface area contributed by atoms with Crippen LogP contribution in [-0.4, -0.2) is 23.6 Å². The number of nitrogens with one attached hydrogen (secondary N) is 3. The molecule has 98 valence electrons. The third-order valence-corrected chi connectivity index (χ3v) is 2.91. The van der Waals surface area contributed by atoms with Crippen molar-refractivity contribution in [2.24, 2.45) is 0 Å². The molecule has 1 aromatic heterocycles. The monoisotopic (exact) mass is 245 g/mol. The van der Waals surface area contributed by atoms with Crippen molar-refractivity contribution in [3.63, 3.8) is 0 Å². The first kappa shape index (κ1) is 13.1. The first-order valence-corrected chi connectivity index (χ1v) is 6.56. The van der Waals surface area contributed by atoms with Gasteiger partial charge in [-0.15, -0.1) is 0 Å². The van der Waals surface area contributed by atoms with Gasteiger partial charge in [0.25, 0.3) is 0 Å². The maximum atomic E-state index is 3.46. The lowest BCUT2D eigenvalue weighted by molar-refractivity contribution is 0.421. The Morgan fingerprint density at radius 2 is 1.94 bits per heavy atom. The Morgan fingerprint density at radius 3 is 2.72 bits per heavy atom. The highest BCUT2D eigenvalue weighted by Crippen LogP contribution is 2.13. The number of H-pyrrole nitrogens is 1. The van der Waals surface area contributed by atoms with Gasteiger partial charge < -0.3 is 15.6 Å². The standard InChI is InChI=1S/C15H23N3/c1-15(2,3)18-9-8-16-11-12-4-5-13-6-7-17-14(13)10-12/h4-7,10,16-18H,8-9,11H2,1-3H3. The number of aromatic amines is 1. The van der Waals surface area contributed by atoms with Crippen LogP contribution < -0.4 is 10.6 Å². The molecular formula is C15H23N3. The summed E-state index contributed by atoms with van der Waals surface area (Å²) < 4.78 is 0. The molecule has 0 aliphatic carbocycles. The van der Waals surface area contributed by atoms with Crippen LogP contribution in [0.15, 0.2) is 30.5 Å². The molecule has 0 atom stereocenters. The predicted octanol–water partition coefficient (Wildman–Crippen LogP) is 2.65. The number of aromatic nitrogens is 1. The lowest BCUT2D eigenvalue weighted by atomic mass is 10.1. The van der Waals surface area contributed by atoms with Crippen LogP contribution in [0.25, 0.3) is 10.9 Å². The van der Waals surface area contributed by atoms with Crippen molar-refractivity contribution < 1.29 is 0 Å². The number of hydrogen-bond donors (Lipinski definition) is 3. The Morgan fingerprint density at radius 1 is 1.11 bits per heavy atom. The Bertz CT molecular complexity index is 494. The molecular weight excluding hydrogens is 222 g/mol. The minimum absolute atomic E-state index is 0.199. The van der Waals surface area contributed by atoms with Crippen LogP contribution in [-0.2, 0) is 6.54 Å². The van der Waals surface area contributed by atoms with E-state index in [1.807, 2.05) is 6.20 Å². The molecule has 0 amide bonds. The van der Waals surface area contributed by atoms with E-state index in [0.29, 0.717) is 0 Å². The molecule has 0 fully saturated rings. The lowest BCUT2D eigenvalue weighted by Crippen LogP contribution is -2.40. The van der Waals surface area contributed by atoms with Gasteiger partial charge in [0.2, 0.25) is 0 Å². The van der Waals surface area contributed by atoms with E-state index in [1.54, 1.807) is 0 Å². The summed E-state index contributed by atoms with van der Waals surface area (Å²) in [6, 6.07) is 8.65. The van der Waals surface area contributed by atoms with E-state index in [0.717, 1.165) is 19.6 Å². The van der Waals surface area contributed by atoms with Crippen LogP contribution in [0, 0.1) is 0 Å². The van der Waals surface area contributed by atoms with Crippen molar-refractivity contribution in [2.45, 2.75) is 32.9 Å². The first-order chi connectivity index (χ1) is 8.54. The van der Waals surface area contributed by atoms with Gasteiger partial charge in [-0.1, -0.05) is 12.1 Å². The van der Waals surface area contributed by atoms with E-state index >= 15 is 0 Å². The van der Waals surface area contributed by atoms with Crippen LogP contribution in [0.3, 0.4) is 0 Å². The maximum Gasteiger partial charge on any atom is 0.0457 e. The van der Waals surface area contributed by atoms with E-state index in [2.05, 4.69) is 60.7 Å². The Kier molecular flexibility index (Phi) is 4.04. The van der Waals surface area contributed by atoms with Gasteiger partial charge in [-0.05, 0) is 43.9 Å². The lowest BCUT2D eigenvalue weighted by Gasteiger charge is -2.20. The van der Waals surface area contributed by atoms with Gasteiger partial charge in [-0.3, -0.25) is 0 Å². The zero-order valence-corrected chi connectivity index (χ0v) is 11.5. The number of hydrogen-bond acceptors (Lipinski definition) is 2. The molecule has 18 heavy (non-hydrogen) atoms. The first-order valence-electron chi connectivity index (χ1n) is 6.56. The van der Waals surface area contributed by atoms with Gasteiger partial charge in [0.15, 0.2) is 0 Å². The molecule has 0 bridgehead atoms. The second kappa shape index (κ2) is 5.55. The minimum Gasteiger partial charge on any atom is -0.361 e. The summed E-state index contributed by atoms with van der Waals surface area (Å²) in [5.74, 6) is 0. The zero-order valence-electron chi connectivity index (χ0n) is 11.5. The molecule has 0 spiro atoms. The van der Waals surface area contributed by atoms with Gasteiger partial charge in [0, 0.05) is 36.9 Å². The molecule has 0 saturated carbocycles. The minimum atomic E-state index is 0.199. The van der Waals surface area contributed by atoms with E-state index < -0.39 is 0 Å². The molecule has 3 N–H and O–H groups in total. The molecule has 0 aliphatic rings. The summed E-state index contributed by atoms with van der Waals surface area (Å²) in [7, 11) is 0. The molecule has 3 heteroatoms. The van der Waals surface area contributed by atoms with Crippen LogP contribution in [0.1, 0.15) is 26.3 Å².